The molecule has 0 spiro atoms. The molecule has 0 aliphatic heterocycles. The van der Waals surface area contributed by atoms with Crippen LogP contribution in [0.1, 0.15) is 34.6 Å². The van der Waals surface area contributed by atoms with Gasteiger partial charge in [-0.2, -0.15) is 26.3 Å². The highest BCUT2D eigenvalue weighted by Gasteiger charge is 2.70. The summed E-state index contributed by atoms with van der Waals surface area (Å²) >= 11 is 0. The number of alkyl halides is 6. The van der Waals surface area contributed by atoms with E-state index in [2.05, 4.69) is 0 Å². The molecule has 0 fully saturated rings. The van der Waals surface area contributed by atoms with Crippen molar-refractivity contribution >= 4 is 0 Å². The topological polar surface area (TPSA) is 20.2 Å². The maximum atomic E-state index is 12.2. The predicted octanol–water partition coefficient (Wildman–Crippen LogP) is 3.91. The van der Waals surface area contributed by atoms with Crippen LogP contribution in [0.5, 0.6) is 0 Å². The second-order valence-corrected chi connectivity index (χ2v) is 4.59. The summed E-state index contributed by atoms with van der Waals surface area (Å²) < 4.78 is 73.0. The maximum Gasteiger partial charge on any atom is 0.426 e. The van der Waals surface area contributed by atoms with Gasteiger partial charge in [0.2, 0.25) is 0 Å². The molecule has 0 aliphatic carbocycles. The van der Waals surface area contributed by atoms with E-state index in [4.69, 9.17) is 5.11 Å². The van der Waals surface area contributed by atoms with E-state index in [-0.39, 0.29) is 7.43 Å². The van der Waals surface area contributed by atoms with E-state index in [1.54, 1.807) is 0 Å². The first kappa shape index (κ1) is 17.9. The van der Waals surface area contributed by atoms with Crippen molar-refractivity contribution in [1.29, 1.82) is 0 Å². The maximum absolute atomic E-state index is 12.2. The number of halogens is 6. The minimum absolute atomic E-state index is 0. The second kappa shape index (κ2) is 4.43. The Kier molecular flexibility index (Phi) is 4.96. The summed E-state index contributed by atoms with van der Waals surface area (Å²) in [7, 11) is 0. The monoisotopic (exact) mass is 254 g/mol. The summed E-state index contributed by atoms with van der Waals surface area (Å²) in [4.78, 5) is 0. The van der Waals surface area contributed by atoms with Gasteiger partial charge < -0.3 is 5.11 Å². The van der Waals surface area contributed by atoms with Gasteiger partial charge in [-0.25, -0.2) is 0 Å². The molecule has 100 valence electrons. The molecule has 0 saturated carbocycles. The minimum atomic E-state index is -5.72. The van der Waals surface area contributed by atoms with E-state index in [1.165, 1.54) is 20.8 Å². The number of rotatable bonds is 1. The first-order valence-electron chi connectivity index (χ1n) is 4.06. The van der Waals surface area contributed by atoms with Gasteiger partial charge >= 0.3 is 12.4 Å². The van der Waals surface area contributed by atoms with Crippen LogP contribution >= 0.6 is 0 Å². The van der Waals surface area contributed by atoms with Crippen LogP contribution in [0.3, 0.4) is 0 Å². The fourth-order valence-corrected chi connectivity index (χ4v) is 1.13. The average molecular weight is 254 g/mol. The highest BCUT2D eigenvalue weighted by Crippen LogP contribution is 2.48. The van der Waals surface area contributed by atoms with Crippen molar-refractivity contribution in [2.45, 2.75) is 52.6 Å². The van der Waals surface area contributed by atoms with E-state index < -0.39 is 29.8 Å². The molecular formula is C9H16F6O. The Morgan fingerprint density at radius 3 is 1.12 bits per heavy atom. The lowest BCUT2D eigenvalue weighted by Gasteiger charge is -2.36. The van der Waals surface area contributed by atoms with Crippen molar-refractivity contribution < 1.29 is 31.4 Å². The Hall–Kier alpha value is -0.460. The van der Waals surface area contributed by atoms with Crippen LogP contribution in [0.25, 0.3) is 0 Å². The van der Waals surface area contributed by atoms with Crippen LogP contribution in [-0.2, 0) is 0 Å². The molecule has 0 aromatic heterocycles. The van der Waals surface area contributed by atoms with Gasteiger partial charge in [0, 0.05) is 0 Å². The summed E-state index contributed by atoms with van der Waals surface area (Å²) in [5.74, 6) is 0. The highest BCUT2D eigenvalue weighted by atomic mass is 19.4. The van der Waals surface area contributed by atoms with Gasteiger partial charge in [0.25, 0.3) is 5.60 Å². The molecule has 16 heavy (non-hydrogen) atoms. The first-order chi connectivity index (χ1) is 6.21. The standard InChI is InChI=1S/C8H12F6O.CH4/c1-5(2,3)4-6(15,7(9,10)11)8(12,13)14;/h15H,4H2,1-3H3;1H4. The van der Waals surface area contributed by atoms with E-state index in [0.717, 1.165) is 0 Å². The third-order valence-corrected chi connectivity index (χ3v) is 1.72. The van der Waals surface area contributed by atoms with Gasteiger partial charge in [0.15, 0.2) is 0 Å². The lowest BCUT2D eigenvalue weighted by atomic mass is 9.81. The van der Waals surface area contributed by atoms with Crippen LogP contribution in [0.15, 0.2) is 0 Å². The fraction of sp³-hybridized carbons (Fsp3) is 1.00. The van der Waals surface area contributed by atoms with Crippen LogP contribution < -0.4 is 0 Å². The summed E-state index contributed by atoms with van der Waals surface area (Å²) in [6.07, 6.45) is -12.9. The zero-order valence-corrected chi connectivity index (χ0v) is 8.42. The molecular weight excluding hydrogens is 238 g/mol. The van der Waals surface area contributed by atoms with E-state index >= 15 is 0 Å². The SMILES string of the molecule is C.CC(C)(C)CC(O)(C(F)(F)F)C(F)(F)F. The zero-order valence-electron chi connectivity index (χ0n) is 8.42. The molecule has 0 radical (unpaired) electrons. The van der Waals surface area contributed by atoms with Gasteiger partial charge in [-0.05, 0) is 11.8 Å². The Balaban J connectivity index is 0. The molecule has 0 heterocycles. The zero-order chi connectivity index (χ0) is 12.7. The molecule has 0 unspecified atom stereocenters. The largest absolute Gasteiger partial charge is 0.426 e. The van der Waals surface area contributed by atoms with Crippen molar-refractivity contribution in [1.82, 2.24) is 0 Å². The number of hydrogen-bond acceptors (Lipinski definition) is 1. The van der Waals surface area contributed by atoms with Crippen molar-refractivity contribution in [3.05, 3.63) is 0 Å². The molecule has 0 atom stereocenters. The molecule has 0 saturated heterocycles. The van der Waals surface area contributed by atoms with Crippen molar-refractivity contribution in [3.8, 4) is 0 Å². The third kappa shape index (κ3) is 3.84. The van der Waals surface area contributed by atoms with Crippen LogP contribution in [0.4, 0.5) is 26.3 Å². The molecule has 0 rings (SSSR count). The van der Waals surface area contributed by atoms with E-state index in [9.17, 15) is 26.3 Å². The predicted molar refractivity (Wildman–Crippen MR) is 47.9 cm³/mol. The number of aliphatic hydroxyl groups is 1. The van der Waals surface area contributed by atoms with Gasteiger partial charge in [-0.1, -0.05) is 28.2 Å². The van der Waals surface area contributed by atoms with Crippen molar-refractivity contribution in [2.75, 3.05) is 0 Å². The van der Waals surface area contributed by atoms with Crippen LogP contribution in [0, 0.1) is 5.41 Å². The van der Waals surface area contributed by atoms with Gasteiger partial charge in [-0.15, -0.1) is 0 Å². The Morgan fingerprint density at radius 2 is 1.06 bits per heavy atom. The van der Waals surface area contributed by atoms with Crippen molar-refractivity contribution in [2.24, 2.45) is 5.41 Å². The van der Waals surface area contributed by atoms with Gasteiger partial charge in [0.1, 0.15) is 0 Å². The fourth-order valence-electron chi connectivity index (χ4n) is 1.13. The quantitative estimate of drug-likeness (QED) is 0.703. The van der Waals surface area contributed by atoms with Crippen LogP contribution in [0.2, 0.25) is 0 Å². The molecule has 7 heteroatoms. The average Bonchev–Trinajstić information content (AvgIpc) is 1.77. The third-order valence-electron chi connectivity index (χ3n) is 1.72. The van der Waals surface area contributed by atoms with E-state index in [0.29, 0.717) is 0 Å². The first-order valence-corrected chi connectivity index (χ1v) is 4.06. The summed E-state index contributed by atoms with van der Waals surface area (Å²) in [5.41, 5.74) is -5.93. The van der Waals surface area contributed by atoms with Gasteiger partial charge in [-0.3, -0.25) is 0 Å². The lowest BCUT2D eigenvalue weighted by Crippen LogP contribution is -2.58. The van der Waals surface area contributed by atoms with Crippen LogP contribution in [-0.4, -0.2) is 23.1 Å². The van der Waals surface area contributed by atoms with E-state index in [1.807, 2.05) is 0 Å². The molecule has 1 N–H and O–H groups in total. The molecule has 0 amide bonds. The lowest BCUT2D eigenvalue weighted by molar-refractivity contribution is -0.375. The molecule has 0 aromatic rings. The Labute approximate surface area is 90.5 Å². The molecule has 0 aromatic carbocycles. The van der Waals surface area contributed by atoms with Gasteiger partial charge in [0.05, 0.1) is 0 Å². The molecule has 1 nitrogen and oxygen atoms in total. The highest BCUT2D eigenvalue weighted by molar-refractivity contribution is 4.96. The summed E-state index contributed by atoms with van der Waals surface area (Å²) in [6.45, 7) is 3.57. The molecule has 0 aliphatic rings. The Bertz CT molecular complexity index is 208. The number of hydrogen-bond donors (Lipinski definition) is 1. The molecule has 0 bridgehead atoms. The van der Waals surface area contributed by atoms with Crippen molar-refractivity contribution in [3.63, 3.8) is 0 Å². The summed E-state index contributed by atoms with van der Waals surface area (Å²) in [5, 5.41) is 8.77. The minimum Gasteiger partial charge on any atom is -0.374 e. The summed E-state index contributed by atoms with van der Waals surface area (Å²) in [6, 6.07) is 0. The normalized spacial score (nSPS) is 14.6. The second-order valence-electron chi connectivity index (χ2n) is 4.59. The smallest absolute Gasteiger partial charge is 0.374 e. The Morgan fingerprint density at radius 1 is 0.812 bits per heavy atom.